The van der Waals surface area contributed by atoms with Gasteiger partial charge in [0.25, 0.3) is 5.56 Å². The Bertz CT molecular complexity index is 1100. The van der Waals surface area contributed by atoms with Crippen LogP contribution in [0.3, 0.4) is 0 Å². The second kappa shape index (κ2) is 7.63. The molecular weight excluding hydrogens is 378 g/mol. The molecule has 0 aliphatic heterocycles. The van der Waals surface area contributed by atoms with Crippen LogP contribution in [0, 0.1) is 0 Å². The number of aromatic nitrogens is 2. The fourth-order valence-electron chi connectivity index (χ4n) is 3.55. The number of thiophene rings is 1. The van der Waals surface area contributed by atoms with Crippen LogP contribution in [0.4, 0.5) is 5.69 Å². The summed E-state index contributed by atoms with van der Waals surface area (Å²) in [7, 11) is 3.08. The number of amides is 1. The lowest BCUT2D eigenvalue weighted by Crippen LogP contribution is -2.28. The normalized spacial score (nSPS) is 13.2. The van der Waals surface area contributed by atoms with Gasteiger partial charge < -0.3 is 14.8 Å². The number of nitrogens with zero attached hydrogens (tertiary/aromatic N) is 2. The van der Waals surface area contributed by atoms with Gasteiger partial charge >= 0.3 is 0 Å². The van der Waals surface area contributed by atoms with Crippen LogP contribution in [0.25, 0.3) is 10.2 Å². The summed E-state index contributed by atoms with van der Waals surface area (Å²) in [6.07, 6.45) is 5.60. The molecule has 2 aromatic heterocycles. The van der Waals surface area contributed by atoms with Crippen molar-refractivity contribution in [3.63, 3.8) is 0 Å². The van der Waals surface area contributed by atoms with Crippen LogP contribution >= 0.6 is 11.3 Å². The van der Waals surface area contributed by atoms with E-state index in [1.807, 2.05) is 0 Å². The molecule has 2 heterocycles. The Balaban J connectivity index is 1.61. The summed E-state index contributed by atoms with van der Waals surface area (Å²) in [6.45, 7) is -0.118. The third-order valence-electron chi connectivity index (χ3n) is 4.94. The van der Waals surface area contributed by atoms with Gasteiger partial charge in [0.2, 0.25) is 5.91 Å². The third kappa shape index (κ3) is 3.35. The van der Waals surface area contributed by atoms with Crippen molar-refractivity contribution in [2.45, 2.75) is 32.2 Å². The van der Waals surface area contributed by atoms with E-state index in [-0.39, 0.29) is 18.0 Å². The highest BCUT2D eigenvalue weighted by Gasteiger charge is 2.20. The van der Waals surface area contributed by atoms with Crippen LogP contribution in [-0.2, 0) is 24.2 Å². The predicted molar refractivity (Wildman–Crippen MR) is 109 cm³/mol. The summed E-state index contributed by atoms with van der Waals surface area (Å²) in [5, 5.41) is 3.46. The Morgan fingerprint density at radius 3 is 2.86 bits per heavy atom. The van der Waals surface area contributed by atoms with Gasteiger partial charge in [0.1, 0.15) is 22.9 Å². The van der Waals surface area contributed by atoms with Gasteiger partial charge in [-0.2, -0.15) is 0 Å². The highest BCUT2D eigenvalue weighted by molar-refractivity contribution is 7.18. The number of ether oxygens (including phenoxy) is 2. The van der Waals surface area contributed by atoms with Crippen molar-refractivity contribution in [2.75, 3.05) is 19.5 Å². The van der Waals surface area contributed by atoms with E-state index >= 15 is 0 Å². The number of hydrogen-bond acceptors (Lipinski definition) is 6. The van der Waals surface area contributed by atoms with Crippen molar-refractivity contribution >= 4 is 33.1 Å². The molecule has 0 fully saturated rings. The molecule has 1 aliphatic rings. The highest BCUT2D eigenvalue weighted by atomic mass is 32.1. The maximum Gasteiger partial charge on any atom is 0.262 e. The van der Waals surface area contributed by atoms with Crippen molar-refractivity contribution in [3.05, 3.63) is 45.3 Å². The van der Waals surface area contributed by atoms with E-state index in [1.54, 1.807) is 36.6 Å². The Morgan fingerprint density at radius 1 is 1.25 bits per heavy atom. The molecule has 0 radical (unpaired) electrons. The molecule has 0 atom stereocenters. The minimum absolute atomic E-state index is 0.118. The van der Waals surface area contributed by atoms with Gasteiger partial charge in [-0.3, -0.25) is 14.2 Å². The van der Waals surface area contributed by atoms with Crippen LogP contribution in [0.1, 0.15) is 23.3 Å². The quantitative estimate of drug-likeness (QED) is 0.713. The Labute approximate surface area is 165 Å². The molecule has 146 valence electrons. The Hall–Kier alpha value is -2.87. The van der Waals surface area contributed by atoms with E-state index in [2.05, 4.69) is 10.3 Å². The van der Waals surface area contributed by atoms with E-state index in [1.165, 1.54) is 22.9 Å². The van der Waals surface area contributed by atoms with E-state index in [0.29, 0.717) is 22.6 Å². The number of nitrogens with one attached hydrogen (secondary N) is 1. The van der Waals surface area contributed by atoms with Gasteiger partial charge in [0.05, 0.1) is 31.6 Å². The number of rotatable bonds is 5. The monoisotopic (exact) mass is 399 g/mol. The zero-order chi connectivity index (χ0) is 19.7. The SMILES string of the molecule is COc1ccc(OC)c(NC(=O)Cn2cnc3sc4c(c3c2=O)CCCC4)c1. The Morgan fingerprint density at radius 2 is 2.07 bits per heavy atom. The van der Waals surface area contributed by atoms with E-state index in [4.69, 9.17) is 9.47 Å². The fourth-order valence-corrected chi connectivity index (χ4v) is 4.77. The first-order valence-corrected chi connectivity index (χ1v) is 9.94. The molecule has 8 heteroatoms. The Kier molecular flexibility index (Phi) is 5.04. The van der Waals surface area contributed by atoms with Crippen LogP contribution < -0.4 is 20.3 Å². The summed E-state index contributed by atoms with van der Waals surface area (Å²) in [5.74, 6) is 0.780. The van der Waals surface area contributed by atoms with Gasteiger partial charge in [-0.1, -0.05) is 0 Å². The summed E-state index contributed by atoms with van der Waals surface area (Å²) < 4.78 is 11.8. The average Bonchev–Trinajstić information content (AvgIpc) is 3.09. The number of anilines is 1. The molecule has 0 saturated heterocycles. The van der Waals surface area contributed by atoms with Crippen molar-refractivity contribution in [3.8, 4) is 11.5 Å². The largest absolute Gasteiger partial charge is 0.497 e. The molecule has 3 aromatic rings. The van der Waals surface area contributed by atoms with Gasteiger partial charge in [-0.15, -0.1) is 11.3 Å². The molecule has 1 N–H and O–H groups in total. The summed E-state index contributed by atoms with van der Waals surface area (Å²) in [5.41, 5.74) is 1.45. The molecule has 1 aliphatic carbocycles. The lowest BCUT2D eigenvalue weighted by Gasteiger charge is -2.13. The second-order valence-corrected chi connectivity index (χ2v) is 7.77. The van der Waals surface area contributed by atoms with Gasteiger partial charge in [0.15, 0.2) is 0 Å². The second-order valence-electron chi connectivity index (χ2n) is 6.68. The molecule has 0 spiro atoms. The van der Waals surface area contributed by atoms with Gasteiger partial charge in [-0.25, -0.2) is 4.98 Å². The van der Waals surface area contributed by atoms with Crippen molar-refractivity contribution in [1.82, 2.24) is 9.55 Å². The molecule has 28 heavy (non-hydrogen) atoms. The first-order chi connectivity index (χ1) is 13.6. The first-order valence-electron chi connectivity index (χ1n) is 9.12. The molecule has 7 nitrogen and oxygen atoms in total. The van der Waals surface area contributed by atoms with Crippen LogP contribution in [0.2, 0.25) is 0 Å². The van der Waals surface area contributed by atoms with Gasteiger partial charge in [-0.05, 0) is 43.4 Å². The van der Waals surface area contributed by atoms with Gasteiger partial charge in [0, 0.05) is 10.9 Å². The number of hydrogen-bond donors (Lipinski definition) is 1. The topological polar surface area (TPSA) is 82.4 Å². The average molecular weight is 399 g/mol. The smallest absolute Gasteiger partial charge is 0.262 e. The van der Waals surface area contributed by atoms with Crippen LogP contribution in [0.5, 0.6) is 11.5 Å². The van der Waals surface area contributed by atoms with Crippen molar-refractivity contribution < 1.29 is 14.3 Å². The number of aryl methyl sites for hydroxylation is 2. The van der Waals surface area contributed by atoms with E-state index in [9.17, 15) is 9.59 Å². The zero-order valence-electron chi connectivity index (χ0n) is 15.8. The highest BCUT2D eigenvalue weighted by Crippen LogP contribution is 2.33. The maximum absolute atomic E-state index is 13.0. The van der Waals surface area contributed by atoms with Crippen molar-refractivity contribution in [2.24, 2.45) is 0 Å². The summed E-state index contributed by atoms with van der Waals surface area (Å²) >= 11 is 1.60. The molecule has 0 bridgehead atoms. The molecule has 4 rings (SSSR count). The maximum atomic E-state index is 13.0. The predicted octanol–water partition coefficient (Wildman–Crippen LogP) is 2.99. The molecule has 0 unspecified atom stereocenters. The minimum Gasteiger partial charge on any atom is -0.497 e. The molecule has 1 aromatic carbocycles. The minimum atomic E-state index is -0.334. The fraction of sp³-hybridized carbons (Fsp3) is 0.350. The summed E-state index contributed by atoms with van der Waals surface area (Å²) in [6, 6.07) is 5.14. The lowest BCUT2D eigenvalue weighted by molar-refractivity contribution is -0.116. The van der Waals surface area contributed by atoms with E-state index in [0.717, 1.165) is 36.1 Å². The number of benzene rings is 1. The van der Waals surface area contributed by atoms with Crippen molar-refractivity contribution in [1.29, 1.82) is 0 Å². The molecule has 0 saturated carbocycles. The molecule has 1 amide bonds. The standard InChI is InChI=1S/C20H21N3O4S/c1-26-12-7-8-15(27-2)14(9-12)22-17(24)10-23-11-21-19-18(20(23)25)13-5-3-4-6-16(13)28-19/h7-9,11H,3-6,10H2,1-2H3,(H,22,24). The zero-order valence-corrected chi connectivity index (χ0v) is 16.6. The number of carbonyl (C=O) groups is 1. The number of methoxy groups -OCH3 is 2. The summed E-state index contributed by atoms with van der Waals surface area (Å²) in [4.78, 5) is 32.0. The van der Waals surface area contributed by atoms with Crippen LogP contribution in [0.15, 0.2) is 29.3 Å². The van der Waals surface area contributed by atoms with Crippen LogP contribution in [-0.4, -0.2) is 29.7 Å². The number of carbonyl (C=O) groups excluding carboxylic acids is 1. The first kappa shape index (κ1) is 18.5. The van der Waals surface area contributed by atoms with E-state index < -0.39 is 0 Å². The number of fused-ring (bicyclic) bond motifs is 3. The third-order valence-corrected chi connectivity index (χ3v) is 6.14. The lowest BCUT2D eigenvalue weighted by atomic mass is 9.97. The molecular formula is C20H21N3O4S.